The Kier molecular flexibility index (Phi) is 4.13. The van der Waals surface area contributed by atoms with Crippen molar-refractivity contribution in [1.82, 2.24) is 0 Å². The molecule has 0 aliphatic carbocycles. The van der Waals surface area contributed by atoms with Crippen molar-refractivity contribution in [3.8, 4) is 5.75 Å². The van der Waals surface area contributed by atoms with Crippen LogP contribution in [0, 0.1) is 0 Å². The summed E-state index contributed by atoms with van der Waals surface area (Å²) in [6, 6.07) is 5.56. The number of methoxy groups -OCH3 is 1. The molecule has 0 saturated carbocycles. The second-order valence-electron chi connectivity index (χ2n) is 3.66. The normalized spacial score (nSPS) is 14.7. The summed E-state index contributed by atoms with van der Waals surface area (Å²) in [5.41, 5.74) is 5.27. The molecule has 3 N–H and O–H groups in total. The van der Waals surface area contributed by atoms with Crippen LogP contribution in [-0.2, 0) is 5.60 Å². The Bertz CT molecular complexity index is 339. The van der Waals surface area contributed by atoms with Crippen molar-refractivity contribution >= 4 is 15.9 Å². The van der Waals surface area contributed by atoms with Crippen molar-refractivity contribution in [3.05, 3.63) is 28.2 Å². The number of benzene rings is 1. The highest BCUT2D eigenvalue weighted by Crippen LogP contribution is 2.34. The first-order valence-electron chi connectivity index (χ1n) is 4.77. The van der Waals surface area contributed by atoms with Crippen LogP contribution >= 0.6 is 15.9 Å². The number of aliphatic hydroxyl groups is 1. The summed E-state index contributed by atoms with van der Waals surface area (Å²) in [6.07, 6.45) is 0.500. The lowest BCUT2D eigenvalue weighted by Crippen LogP contribution is -2.25. The second kappa shape index (κ2) is 4.96. The molecule has 0 fully saturated rings. The van der Waals surface area contributed by atoms with Gasteiger partial charge in [-0.15, -0.1) is 0 Å². The van der Waals surface area contributed by atoms with E-state index in [2.05, 4.69) is 15.9 Å². The van der Waals surface area contributed by atoms with Gasteiger partial charge in [0.1, 0.15) is 5.75 Å². The van der Waals surface area contributed by atoms with Crippen molar-refractivity contribution < 1.29 is 9.84 Å². The Morgan fingerprint density at radius 3 is 2.73 bits per heavy atom. The third-order valence-corrected chi connectivity index (χ3v) is 2.87. The molecule has 0 saturated heterocycles. The lowest BCUT2D eigenvalue weighted by Gasteiger charge is -2.25. The van der Waals surface area contributed by atoms with Crippen LogP contribution in [0.1, 0.15) is 18.9 Å². The third-order valence-electron chi connectivity index (χ3n) is 2.37. The summed E-state index contributed by atoms with van der Waals surface area (Å²) in [5.74, 6) is 0.677. The van der Waals surface area contributed by atoms with Crippen LogP contribution in [0.25, 0.3) is 0 Å². The molecule has 1 aromatic rings. The Labute approximate surface area is 98.4 Å². The zero-order valence-corrected chi connectivity index (χ0v) is 10.5. The maximum atomic E-state index is 10.2. The van der Waals surface area contributed by atoms with Crippen LogP contribution in [0.2, 0.25) is 0 Å². The fourth-order valence-corrected chi connectivity index (χ4v) is 1.88. The molecule has 15 heavy (non-hydrogen) atoms. The summed E-state index contributed by atoms with van der Waals surface area (Å²) >= 11 is 3.37. The molecule has 1 atom stereocenters. The first-order chi connectivity index (χ1) is 7.01. The molecular formula is C11H16BrNO2. The van der Waals surface area contributed by atoms with E-state index in [4.69, 9.17) is 10.5 Å². The number of ether oxygens (including phenoxy) is 1. The summed E-state index contributed by atoms with van der Waals surface area (Å²) < 4.78 is 6.12. The molecular weight excluding hydrogens is 258 g/mol. The average Bonchev–Trinajstić information content (AvgIpc) is 2.17. The number of hydrogen-bond donors (Lipinski definition) is 2. The molecule has 84 valence electrons. The molecule has 1 unspecified atom stereocenters. The zero-order valence-electron chi connectivity index (χ0n) is 8.96. The summed E-state index contributed by atoms with van der Waals surface area (Å²) in [6.45, 7) is 2.17. The highest BCUT2D eigenvalue weighted by molar-refractivity contribution is 9.10. The van der Waals surface area contributed by atoms with E-state index in [1.807, 2.05) is 18.2 Å². The summed E-state index contributed by atoms with van der Waals surface area (Å²) in [4.78, 5) is 0. The first kappa shape index (κ1) is 12.5. The van der Waals surface area contributed by atoms with E-state index in [9.17, 15) is 5.11 Å². The van der Waals surface area contributed by atoms with E-state index in [0.717, 1.165) is 10.0 Å². The van der Waals surface area contributed by atoms with Crippen LogP contribution in [0.4, 0.5) is 0 Å². The smallest absolute Gasteiger partial charge is 0.125 e. The molecule has 4 heteroatoms. The SMILES string of the molecule is COc1ccc(Br)cc1C(C)(O)CCN. The number of nitrogens with two attached hydrogens (primary N) is 1. The van der Waals surface area contributed by atoms with Gasteiger partial charge in [-0.05, 0) is 38.1 Å². The minimum atomic E-state index is -0.954. The fraction of sp³-hybridized carbons (Fsp3) is 0.455. The zero-order chi connectivity index (χ0) is 11.5. The van der Waals surface area contributed by atoms with Crippen LogP contribution in [0.15, 0.2) is 22.7 Å². The van der Waals surface area contributed by atoms with E-state index in [0.29, 0.717) is 18.7 Å². The molecule has 0 aliphatic rings. The van der Waals surface area contributed by atoms with E-state index in [1.54, 1.807) is 14.0 Å². The topological polar surface area (TPSA) is 55.5 Å². The van der Waals surface area contributed by atoms with Crippen LogP contribution < -0.4 is 10.5 Å². The molecule has 0 aliphatic heterocycles. The predicted molar refractivity (Wildman–Crippen MR) is 63.9 cm³/mol. The van der Waals surface area contributed by atoms with Gasteiger partial charge >= 0.3 is 0 Å². The monoisotopic (exact) mass is 273 g/mol. The maximum Gasteiger partial charge on any atom is 0.125 e. The van der Waals surface area contributed by atoms with Gasteiger partial charge in [0.05, 0.1) is 12.7 Å². The molecule has 3 nitrogen and oxygen atoms in total. The Balaban J connectivity index is 3.15. The number of halogens is 1. The van der Waals surface area contributed by atoms with Gasteiger partial charge in [-0.1, -0.05) is 15.9 Å². The number of rotatable bonds is 4. The average molecular weight is 274 g/mol. The molecule has 0 aromatic heterocycles. The van der Waals surface area contributed by atoms with Crippen molar-refractivity contribution in [2.24, 2.45) is 5.73 Å². The molecule has 1 aromatic carbocycles. The molecule has 0 amide bonds. The minimum Gasteiger partial charge on any atom is -0.496 e. The summed E-state index contributed by atoms with van der Waals surface area (Å²) in [5, 5.41) is 10.2. The van der Waals surface area contributed by atoms with E-state index in [-0.39, 0.29) is 0 Å². The second-order valence-corrected chi connectivity index (χ2v) is 4.57. The number of hydrogen-bond acceptors (Lipinski definition) is 3. The molecule has 0 heterocycles. The highest BCUT2D eigenvalue weighted by Gasteiger charge is 2.26. The van der Waals surface area contributed by atoms with E-state index >= 15 is 0 Å². The van der Waals surface area contributed by atoms with Gasteiger partial charge < -0.3 is 15.6 Å². The van der Waals surface area contributed by atoms with E-state index in [1.165, 1.54) is 0 Å². The van der Waals surface area contributed by atoms with Crippen molar-refractivity contribution in [2.75, 3.05) is 13.7 Å². The maximum absolute atomic E-state index is 10.2. The van der Waals surface area contributed by atoms with Gasteiger partial charge in [-0.2, -0.15) is 0 Å². The Hall–Kier alpha value is -0.580. The molecule has 1 rings (SSSR count). The van der Waals surface area contributed by atoms with Crippen molar-refractivity contribution in [3.63, 3.8) is 0 Å². The molecule has 0 spiro atoms. The van der Waals surface area contributed by atoms with Gasteiger partial charge in [-0.3, -0.25) is 0 Å². The molecule has 0 radical (unpaired) electrons. The molecule has 0 bridgehead atoms. The van der Waals surface area contributed by atoms with E-state index < -0.39 is 5.60 Å². The summed E-state index contributed by atoms with van der Waals surface area (Å²) in [7, 11) is 1.59. The highest BCUT2D eigenvalue weighted by atomic mass is 79.9. The Morgan fingerprint density at radius 1 is 1.53 bits per heavy atom. The first-order valence-corrected chi connectivity index (χ1v) is 5.57. The van der Waals surface area contributed by atoms with Gasteiger partial charge in [-0.25, -0.2) is 0 Å². The van der Waals surface area contributed by atoms with Gasteiger partial charge in [0.2, 0.25) is 0 Å². The largest absolute Gasteiger partial charge is 0.496 e. The van der Waals surface area contributed by atoms with Crippen molar-refractivity contribution in [1.29, 1.82) is 0 Å². The van der Waals surface area contributed by atoms with Gasteiger partial charge in [0.15, 0.2) is 0 Å². The quantitative estimate of drug-likeness (QED) is 0.883. The van der Waals surface area contributed by atoms with Crippen molar-refractivity contribution in [2.45, 2.75) is 18.9 Å². The lowest BCUT2D eigenvalue weighted by molar-refractivity contribution is 0.0478. The minimum absolute atomic E-state index is 0.433. The van der Waals surface area contributed by atoms with Crippen LogP contribution in [0.3, 0.4) is 0 Å². The van der Waals surface area contributed by atoms with Gasteiger partial charge in [0, 0.05) is 10.0 Å². The standard InChI is InChI=1S/C11H16BrNO2/c1-11(14,5-6-13)9-7-8(12)3-4-10(9)15-2/h3-4,7,14H,5-6,13H2,1-2H3. The fourth-order valence-electron chi connectivity index (χ4n) is 1.52. The van der Waals surface area contributed by atoms with Crippen LogP contribution in [0.5, 0.6) is 5.75 Å². The van der Waals surface area contributed by atoms with Crippen LogP contribution in [-0.4, -0.2) is 18.8 Å². The third kappa shape index (κ3) is 2.93. The Morgan fingerprint density at radius 2 is 2.20 bits per heavy atom. The van der Waals surface area contributed by atoms with Gasteiger partial charge in [0.25, 0.3) is 0 Å². The lowest BCUT2D eigenvalue weighted by atomic mass is 9.92. The predicted octanol–water partition coefficient (Wildman–Crippen LogP) is 2.01.